The van der Waals surface area contributed by atoms with Crippen LogP contribution in [0.4, 0.5) is 11.4 Å². The third-order valence-corrected chi connectivity index (χ3v) is 4.93. The van der Waals surface area contributed by atoms with Gasteiger partial charge in [-0.3, -0.25) is 9.59 Å². The molecule has 7 heteroatoms. The van der Waals surface area contributed by atoms with E-state index in [-0.39, 0.29) is 16.8 Å². The summed E-state index contributed by atoms with van der Waals surface area (Å²) >= 11 is 6.17. The lowest BCUT2D eigenvalue weighted by molar-refractivity contribution is -0.120. The second kappa shape index (κ2) is 8.71. The van der Waals surface area contributed by atoms with E-state index in [1.54, 1.807) is 13.8 Å². The Labute approximate surface area is 180 Å². The van der Waals surface area contributed by atoms with E-state index >= 15 is 0 Å². The zero-order valence-electron chi connectivity index (χ0n) is 17.2. The normalized spacial score (nSPS) is 14.2. The van der Waals surface area contributed by atoms with Crippen LogP contribution in [0.25, 0.3) is 0 Å². The third-order valence-electron chi connectivity index (χ3n) is 4.58. The molecule has 2 amide bonds. The summed E-state index contributed by atoms with van der Waals surface area (Å²) in [6.07, 6.45) is -0.245. The van der Waals surface area contributed by atoms with Crippen LogP contribution in [0.3, 0.4) is 0 Å². The summed E-state index contributed by atoms with van der Waals surface area (Å²) in [6.45, 7) is 7.69. The number of esters is 1. The van der Waals surface area contributed by atoms with Crippen molar-refractivity contribution >= 4 is 40.8 Å². The average Bonchev–Trinajstić information content (AvgIpc) is 2.91. The molecule has 6 nitrogen and oxygen atoms in total. The van der Waals surface area contributed by atoms with Crippen molar-refractivity contribution in [3.05, 3.63) is 70.4 Å². The van der Waals surface area contributed by atoms with E-state index in [2.05, 4.69) is 19.2 Å². The molecule has 0 aromatic heterocycles. The van der Waals surface area contributed by atoms with Gasteiger partial charge in [-0.2, -0.15) is 0 Å². The summed E-state index contributed by atoms with van der Waals surface area (Å²) in [4.78, 5) is 38.4. The van der Waals surface area contributed by atoms with Gasteiger partial charge in [0.15, 0.2) is 0 Å². The van der Waals surface area contributed by atoms with Crippen molar-refractivity contribution in [1.82, 2.24) is 0 Å². The van der Waals surface area contributed by atoms with Crippen LogP contribution in [-0.4, -0.2) is 23.9 Å². The first-order valence-electron chi connectivity index (χ1n) is 9.65. The summed E-state index contributed by atoms with van der Waals surface area (Å²) in [5, 5.41) is 2.77. The number of hydrogen-bond acceptors (Lipinski definition) is 5. The summed E-state index contributed by atoms with van der Waals surface area (Å²) in [5.74, 6) is -1.28. The summed E-state index contributed by atoms with van der Waals surface area (Å²) < 4.78 is 5.14. The molecule has 2 aromatic carbocycles. The number of carbonyl (C=O) groups excluding carboxylic acids is 3. The van der Waals surface area contributed by atoms with Crippen LogP contribution in [0.2, 0.25) is 0 Å². The maximum absolute atomic E-state index is 12.9. The molecule has 30 heavy (non-hydrogen) atoms. The van der Waals surface area contributed by atoms with E-state index in [1.165, 1.54) is 24.3 Å². The lowest BCUT2D eigenvalue weighted by atomic mass is 10.0. The average molecular weight is 427 g/mol. The molecule has 1 aliphatic heterocycles. The quantitative estimate of drug-likeness (QED) is 0.529. The summed E-state index contributed by atoms with van der Waals surface area (Å²) in [6, 6.07) is 13.6. The van der Waals surface area contributed by atoms with Gasteiger partial charge in [0.25, 0.3) is 11.8 Å². The number of nitrogens with zero attached hydrogens (tertiary/aromatic N) is 1. The fourth-order valence-corrected chi connectivity index (χ4v) is 3.18. The second-order valence-corrected chi connectivity index (χ2v) is 7.92. The molecule has 1 aliphatic rings. The number of amides is 2. The number of halogens is 1. The molecule has 0 saturated heterocycles. The maximum Gasteiger partial charge on any atom is 0.338 e. The highest BCUT2D eigenvalue weighted by Gasteiger charge is 2.39. The summed E-state index contributed by atoms with van der Waals surface area (Å²) in [7, 11) is 0. The number of anilines is 2. The molecule has 0 unspecified atom stereocenters. The van der Waals surface area contributed by atoms with Crippen LogP contribution in [-0.2, 0) is 14.3 Å². The highest BCUT2D eigenvalue weighted by atomic mass is 35.5. The molecular formula is C23H23ClN2O4. The molecule has 1 heterocycles. The smallest absolute Gasteiger partial charge is 0.338 e. The number of carbonyl (C=O) groups is 3. The van der Waals surface area contributed by atoms with Gasteiger partial charge in [0.1, 0.15) is 10.7 Å². The highest BCUT2D eigenvalue weighted by Crippen LogP contribution is 2.30. The Kier molecular flexibility index (Phi) is 6.27. The van der Waals surface area contributed by atoms with Gasteiger partial charge in [0.05, 0.1) is 17.4 Å². The van der Waals surface area contributed by atoms with E-state index in [0.717, 1.165) is 10.5 Å². The van der Waals surface area contributed by atoms with Crippen molar-refractivity contribution < 1.29 is 19.1 Å². The van der Waals surface area contributed by atoms with Gasteiger partial charge in [-0.15, -0.1) is 0 Å². The molecule has 0 spiro atoms. The Morgan fingerprint density at radius 2 is 1.53 bits per heavy atom. The van der Waals surface area contributed by atoms with E-state index in [0.29, 0.717) is 22.9 Å². The van der Waals surface area contributed by atoms with Crippen molar-refractivity contribution in [3.63, 3.8) is 0 Å². The minimum atomic E-state index is -0.625. The van der Waals surface area contributed by atoms with Gasteiger partial charge >= 0.3 is 5.97 Å². The molecule has 0 atom stereocenters. The Hall–Kier alpha value is -3.12. The van der Waals surface area contributed by atoms with Crippen molar-refractivity contribution in [2.24, 2.45) is 0 Å². The molecule has 0 aliphatic carbocycles. The molecule has 2 aromatic rings. The minimum absolute atomic E-state index is 0.0160. The fourth-order valence-electron chi connectivity index (χ4n) is 2.97. The van der Waals surface area contributed by atoms with Crippen LogP contribution in [0.5, 0.6) is 0 Å². The van der Waals surface area contributed by atoms with E-state index in [1.807, 2.05) is 24.3 Å². The van der Waals surface area contributed by atoms with Crippen molar-refractivity contribution in [3.8, 4) is 0 Å². The van der Waals surface area contributed by atoms with Gasteiger partial charge in [0.2, 0.25) is 0 Å². The molecule has 3 rings (SSSR count). The van der Waals surface area contributed by atoms with Gasteiger partial charge in [-0.25, -0.2) is 9.69 Å². The first-order chi connectivity index (χ1) is 14.2. The van der Waals surface area contributed by atoms with Gasteiger partial charge in [0, 0.05) is 5.69 Å². The Balaban J connectivity index is 1.78. The van der Waals surface area contributed by atoms with Crippen LogP contribution < -0.4 is 10.2 Å². The topological polar surface area (TPSA) is 75.7 Å². The number of imide groups is 1. The van der Waals surface area contributed by atoms with Crippen LogP contribution in [0, 0.1) is 0 Å². The van der Waals surface area contributed by atoms with Crippen LogP contribution >= 0.6 is 11.6 Å². The van der Waals surface area contributed by atoms with Gasteiger partial charge < -0.3 is 10.1 Å². The zero-order chi connectivity index (χ0) is 22.0. The standard InChI is InChI=1S/C23H23ClN2O4/c1-13(2)15-5-9-17(10-6-15)25-20-19(24)21(27)26(22(20)28)18-11-7-16(8-12-18)23(29)30-14(3)4/h5-14,25H,1-4H3. The Morgan fingerprint density at radius 1 is 0.933 bits per heavy atom. The number of nitrogens with one attached hydrogen (secondary N) is 1. The van der Waals surface area contributed by atoms with E-state index < -0.39 is 17.8 Å². The van der Waals surface area contributed by atoms with E-state index in [9.17, 15) is 14.4 Å². The maximum atomic E-state index is 12.9. The molecule has 156 valence electrons. The fraction of sp³-hybridized carbons (Fsp3) is 0.261. The van der Waals surface area contributed by atoms with E-state index in [4.69, 9.17) is 16.3 Å². The minimum Gasteiger partial charge on any atom is -0.459 e. The molecule has 0 fully saturated rings. The molecule has 0 saturated carbocycles. The Bertz CT molecular complexity index is 1010. The van der Waals surface area contributed by atoms with Crippen LogP contribution in [0.15, 0.2) is 59.3 Å². The molecule has 0 radical (unpaired) electrons. The van der Waals surface area contributed by atoms with Gasteiger partial charge in [-0.05, 0) is 61.7 Å². The molecule has 0 bridgehead atoms. The monoisotopic (exact) mass is 426 g/mol. The third kappa shape index (κ3) is 4.39. The first-order valence-corrected chi connectivity index (χ1v) is 10.0. The van der Waals surface area contributed by atoms with Crippen molar-refractivity contribution in [2.75, 3.05) is 10.2 Å². The van der Waals surface area contributed by atoms with Crippen molar-refractivity contribution in [1.29, 1.82) is 0 Å². The number of ether oxygens (including phenoxy) is 1. The number of benzene rings is 2. The number of rotatable bonds is 6. The second-order valence-electron chi connectivity index (χ2n) is 7.54. The highest BCUT2D eigenvalue weighted by molar-refractivity contribution is 6.53. The van der Waals surface area contributed by atoms with Crippen molar-refractivity contribution in [2.45, 2.75) is 39.7 Å². The molecule has 1 N–H and O–H groups in total. The number of hydrogen-bond donors (Lipinski definition) is 1. The predicted octanol–water partition coefficient (Wildman–Crippen LogP) is 4.81. The molecular weight excluding hydrogens is 404 g/mol. The SMILES string of the molecule is CC(C)OC(=O)c1ccc(N2C(=O)C(Cl)=C(Nc3ccc(C(C)C)cc3)C2=O)cc1. The predicted molar refractivity (Wildman–Crippen MR) is 117 cm³/mol. The van der Waals surface area contributed by atoms with Crippen LogP contribution in [0.1, 0.15) is 49.5 Å². The lowest BCUT2D eigenvalue weighted by Crippen LogP contribution is -2.32. The Morgan fingerprint density at radius 3 is 2.07 bits per heavy atom. The largest absolute Gasteiger partial charge is 0.459 e. The summed E-state index contributed by atoms with van der Waals surface area (Å²) in [5.41, 5.74) is 2.47. The first kappa shape index (κ1) is 21.6. The van der Waals surface area contributed by atoms with Gasteiger partial charge in [-0.1, -0.05) is 37.6 Å². The lowest BCUT2D eigenvalue weighted by Gasteiger charge is -2.16. The zero-order valence-corrected chi connectivity index (χ0v) is 18.0.